The van der Waals surface area contributed by atoms with Crippen LogP contribution in [0.2, 0.25) is 0 Å². The molecule has 0 unspecified atom stereocenters. The predicted molar refractivity (Wildman–Crippen MR) is 84.6 cm³/mol. The van der Waals surface area contributed by atoms with E-state index in [0.717, 1.165) is 0 Å². The van der Waals surface area contributed by atoms with Crippen LogP contribution in [0.1, 0.15) is 18.4 Å². The number of hydrogen-bond acceptors (Lipinski definition) is 6. The summed E-state index contributed by atoms with van der Waals surface area (Å²) in [6.45, 7) is 7.70. The molecule has 2 aromatic rings. The number of aryl methyl sites for hydroxylation is 2. The minimum absolute atomic E-state index is 0.176. The summed E-state index contributed by atoms with van der Waals surface area (Å²) in [5.41, 5.74) is 0.278. The highest BCUT2D eigenvalue weighted by Gasteiger charge is 2.23. The molecule has 2 N–H and O–H groups in total. The van der Waals surface area contributed by atoms with Crippen LogP contribution in [0.15, 0.2) is 9.21 Å². The number of carbonyl (C=O) groups excluding carboxylic acids is 1. The van der Waals surface area contributed by atoms with Gasteiger partial charge >= 0.3 is 0 Å². The lowest BCUT2D eigenvalue weighted by atomic mass is 10.2. The van der Waals surface area contributed by atoms with Crippen LogP contribution in [-0.2, 0) is 9.53 Å². The van der Waals surface area contributed by atoms with Crippen molar-refractivity contribution in [1.29, 1.82) is 0 Å². The molecular weight excluding hydrogens is 300 g/mol. The van der Waals surface area contributed by atoms with Crippen LogP contribution in [0.5, 0.6) is 0 Å². The number of amides is 1. The van der Waals surface area contributed by atoms with E-state index in [1.807, 2.05) is 11.8 Å². The standard InChI is InChI=1S/C15H20N4O4/c1-8-7-22-5-4-19(8)6-11(20)16-15-13-12(10(3)23-15)9(2)17-18-14(13)21/h8H,4-7H2,1-3H3,(H,16,20)(H,18,21)/t8-/m1/s1. The van der Waals surface area contributed by atoms with Crippen LogP contribution in [0.3, 0.4) is 0 Å². The summed E-state index contributed by atoms with van der Waals surface area (Å²) in [4.78, 5) is 26.4. The Morgan fingerprint density at radius 1 is 1.43 bits per heavy atom. The third kappa shape index (κ3) is 2.99. The number of carbonyl (C=O) groups is 1. The highest BCUT2D eigenvalue weighted by atomic mass is 16.5. The van der Waals surface area contributed by atoms with Gasteiger partial charge < -0.3 is 9.15 Å². The fourth-order valence-corrected chi connectivity index (χ4v) is 2.88. The number of H-pyrrole nitrogens is 1. The van der Waals surface area contributed by atoms with Crippen molar-refractivity contribution in [3.05, 3.63) is 21.8 Å². The fraction of sp³-hybridized carbons (Fsp3) is 0.533. The van der Waals surface area contributed by atoms with E-state index in [1.165, 1.54) is 0 Å². The fourth-order valence-electron chi connectivity index (χ4n) is 2.88. The maximum Gasteiger partial charge on any atom is 0.277 e. The number of aromatic nitrogens is 2. The molecule has 1 fully saturated rings. The molecule has 1 saturated heterocycles. The van der Waals surface area contributed by atoms with Crippen molar-refractivity contribution in [2.75, 3.05) is 31.6 Å². The van der Waals surface area contributed by atoms with Crippen molar-refractivity contribution >= 4 is 22.6 Å². The van der Waals surface area contributed by atoms with Crippen molar-refractivity contribution in [2.24, 2.45) is 0 Å². The molecule has 1 amide bonds. The number of rotatable bonds is 3. The van der Waals surface area contributed by atoms with Crippen molar-refractivity contribution in [3.63, 3.8) is 0 Å². The molecule has 0 bridgehead atoms. The van der Waals surface area contributed by atoms with Crippen LogP contribution in [0, 0.1) is 13.8 Å². The van der Waals surface area contributed by atoms with E-state index in [2.05, 4.69) is 15.5 Å². The number of hydrogen-bond donors (Lipinski definition) is 2. The van der Waals surface area contributed by atoms with Gasteiger partial charge in [0.1, 0.15) is 11.1 Å². The molecule has 0 radical (unpaired) electrons. The smallest absolute Gasteiger partial charge is 0.277 e. The Hall–Kier alpha value is -2.19. The highest BCUT2D eigenvalue weighted by molar-refractivity contribution is 6.01. The molecule has 3 heterocycles. The minimum atomic E-state index is -0.377. The highest BCUT2D eigenvalue weighted by Crippen LogP contribution is 2.28. The van der Waals surface area contributed by atoms with Crippen molar-refractivity contribution in [1.82, 2.24) is 15.1 Å². The van der Waals surface area contributed by atoms with Gasteiger partial charge in [-0.25, -0.2) is 5.10 Å². The lowest BCUT2D eigenvalue weighted by molar-refractivity contribution is -0.119. The van der Waals surface area contributed by atoms with Gasteiger partial charge in [-0.05, 0) is 20.8 Å². The zero-order valence-electron chi connectivity index (χ0n) is 13.4. The van der Waals surface area contributed by atoms with Crippen LogP contribution in [0.4, 0.5) is 5.88 Å². The van der Waals surface area contributed by atoms with Gasteiger partial charge in [0.05, 0.1) is 30.8 Å². The van der Waals surface area contributed by atoms with Gasteiger partial charge in [0.2, 0.25) is 11.8 Å². The van der Waals surface area contributed by atoms with Crippen LogP contribution in [0.25, 0.3) is 10.8 Å². The maximum atomic E-state index is 12.3. The number of furan rings is 1. The Morgan fingerprint density at radius 2 is 2.22 bits per heavy atom. The normalized spacial score (nSPS) is 19.2. The van der Waals surface area contributed by atoms with E-state index >= 15 is 0 Å². The molecule has 3 rings (SSSR count). The van der Waals surface area contributed by atoms with E-state index in [1.54, 1.807) is 13.8 Å². The number of nitrogens with one attached hydrogen (secondary N) is 2. The first-order valence-electron chi connectivity index (χ1n) is 7.57. The summed E-state index contributed by atoms with van der Waals surface area (Å²) in [6.07, 6.45) is 0. The van der Waals surface area contributed by atoms with Crippen LogP contribution < -0.4 is 10.9 Å². The molecule has 23 heavy (non-hydrogen) atoms. The van der Waals surface area contributed by atoms with E-state index in [-0.39, 0.29) is 29.9 Å². The van der Waals surface area contributed by atoms with E-state index in [9.17, 15) is 9.59 Å². The molecule has 0 saturated carbocycles. The first kappa shape index (κ1) is 15.7. The summed E-state index contributed by atoms with van der Waals surface area (Å²) in [7, 11) is 0. The summed E-state index contributed by atoms with van der Waals surface area (Å²) in [5, 5.41) is 10.0. The summed E-state index contributed by atoms with van der Waals surface area (Å²) < 4.78 is 10.9. The largest absolute Gasteiger partial charge is 0.444 e. The number of fused-ring (bicyclic) bond motifs is 1. The Bertz CT molecular complexity index is 795. The second-order valence-electron chi connectivity index (χ2n) is 5.82. The van der Waals surface area contributed by atoms with Gasteiger partial charge in [-0.15, -0.1) is 0 Å². The topological polar surface area (TPSA) is 100 Å². The van der Waals surface area contributed by atoms with E-state index in [0.29, 0.717) is 42.0 Å². The lowest BCUT2D eigenvalue weighted by Gasteiger charge is -2.32. The number of ether oxygens (including phenoxy) is 1. The molecule has 1 aliphatic rings. The molecule has 1 atom stereocenters. The SMILES string of the molecule is Cc1n[nH]c(=O)c2c(NC(=O)CN3CCOC[C@H]3C)oc(C)c12. The van der Waals surface area contributed by atoms with Crippen LogP contribution >= 0.6 is 0 Å². The second-order valence-corrected chi connectivity index (χ2v) is 5.82. The minimum Gasteiger partial charge on any atom is -0.444 e. The predicted octanol–water partition coefficient (Wildman–Crippen LogP) is 0.792. The molecule has 0 aromatic carbocycles. The molecule has 124 valence electrons. The summed E-state index contributed by atoms with van der Waals surface area (Å²) in [5.74, 6) is 0.518. The zero-order chi connectivity index (χ0) is 16.6. The number of anilines is 1. The first-order chi connectivity index (χ1) is 11.0. The molecule has 8 heteroatoms. The van der Waals surface area contributed by atoms with Gasteiger partial charge in [0.15, 0.2) is 0 Å². The van der Waals surface area contributed by atoms with Gasteiger partial charge in [-0.2, -0.15) is 5.10 Å². The molecule has 0 aliphatic carbocycles. The molecule has 8 nitrogen and oxygen atoms in total. The maximum absolute atomic E-state index is 12.3. The average Bonchev–Trinajstić information content (AvgIpc) is 2.83. The van der Waals surface area contributed by atoms with E-state index in [4.69, 9.17) is 9.15 Å². The van der Waals surface area contributed by atoms with Crippen LogP contribution in [-0.4, -0.2) is 53.3 Å². The first-order valence-corrected chi connectivity index (χ1v) is 7.57. The number of aromatic amines is 1. The van der Waals surface area contributed by atoms with Gasteiger partial charge in [0, 0.05) is 12.6 Å². The second kappa shape index (κ2) is 6.13. The third-order valence-corrected chi connectivity index (χ3v) is 4.10. The van der Waals surface area contributed by atoms with Gasteiger partial charge in [0.25, 0.3) is 5.56 Å². The Morgan fingerprint density at radius 3 is 2.96 bits per heavy atom. The monoisotopic (exact) mass is 320 g/mol. The average molecular weight is 320 g/mol. The van der Waals surface area contributed by atoms with Gasteiger partial charge in [-0.3, -0.25) is 19.8 Å². The Balaban J connectivity index is 1.83. The molecule has 2 aromatic heterocycles. The summed E-state index contributed by atoms with van der Waals surface area (Å²) in [6, 6.07) is 0.180. The van der Waals surface area contributed by atoms with Gasteiger partial charge in [-0.1, -0.05) is 0 Å². The van der Waals surface area contributed by atoms with Crippen molar-refractivity contribution in [3.8, 4) is 0 Å². The number of nitrogens with zero attached hydrogens (tertiary/aromatic N) is 2. The summed E-state index contributed by atoms with van der Waals surface area (Å²) >= 11 is 0. The molecular formula is C15H20N4O4. The molecule has 0 spiro atoms. The van der Waals surface area contributed by atoms with E-state index < -0.39 is 0 Å². The van der Waals surface area contributed by atoms with Crippen molar-refractivity contribution < 1.29 is 13.9 Å². The zero-order valence-corrected chi connectivity index (χ0v) is 13.4. The third-order valence-electron chi connectivity index (χ3n) is 4.10. The lowest BCUT2D eigenvalue weighted by Crippen LogP contribution is -2.47. The Kier molecular flexibility index (Phi) is 4.18. The Labute approximate surface area is 132 Å². The van der Waals surface area contributed by atoms with Crippen molar-refractivity contribution in [2.45, 2.75) is 26.8 Å². The molecule has 1 aliphatic heterocycles. The number of morpholine rings is 1. The quantitative estimate of drug-likeness (QED) is 0.867.